The van der Waals surface area contributed by atoms with E-state index in [4.69, 9.17) is 11.6 Å². The van der Waals surface area contributed by atoms with Gasteiger partial charge in [0.1, 0.15) is 5.69 Å². The third-order valence-electron chi connectivity index (χ3n) is 3.51. The predicted molar refractivity (Wildman–Crippen MR) is 92.1 cm³/mol. The van der Waals surface area contributed by atoms with Gasteiger partial charge < -0.3 is 5.32 Å². The van der Waals surface area contributed by atoms with Crippen molar-refractivity contribution in [3.8, 4) is 5.69 Å². The van der Waals surface area contributed by atoms with Crippen LogP contribution in [0.4, 0.5) is 5.69 Å². The van der Waals surface area contributed by atoms with Crippen LogP contribution in [0.25, 0.3) is 5.69 Å². The molecule has 118 valence electrons. The zero-order chi connectivity index (χ0) is 15.8. The largest absolute Gasteiger partial charge is 0.379 e. The van der Waals surface area contributed by atoms with Gasteiger partial charge in [0.15, 0.2) is 0 Å². The van der Waals surface area contributed by atoms with E-state index in [-0.39, 0.29) is 5.56 Å². The highest BCUT2D eigenvalue weighted by Crippen LogP contribution is 2.16. The number of para-hydroxylation sites is 1. The second kappa shape index (κ2) is 8.59. The molecule has 0 saturated heterocycles. The Balaban J connectivity index is 2.07. The fourth-order valence-electron chi connectivity index (χ4n) is 2.29. The molecule has 0 aliphatic rings. The molecule has 5 heteroatoms. The molecule has 1 heterocycles. The number of halogens is 1. The highest BCUT2D eigenvalue weighted by atomic mass is 35.5. The Kier molecular flexibility index (Phi) is 6.46. The molecule has 2 rings (SSSR count). The number of anilines is 1. The molecule has 0 aliphatic carbocycles. The first-order valence-corrected chi connectivity index (χ1v) is 8.19. The van der Waals surface area contributed by atoms with Gasteiger partial charge in [0.05, 0.1) is 16.9 Å². The van der Waals surface area contributed by atoms with Crippen molar-refractivity contribution in [2.75, 3.05) is 11.9 Å². The fraction of sp³-hybridized carbons (Fsp3) is 0.412. The van der Waals surface area contributed by atoms with Crippen LogP contribution in [0.2, 0.25) is 5.02 Å². The molecule has 1 aromatic heterocycles. The van der Waals surface area contributed by atoms with Gasteiger partial charge in [-0.15, -0.1) is 0 Å². The van der Waals surface area contributed by atoms with Crippen LogP contribution >= 0.6 is 11.6 Å². The topological polar surface area (TPSA) is 46.9 Å². The molecule has 0 radical (unpaired) electrons. The van der Waals surface area contributed by atoms with Gasteiger partial charge in [0.2, 0.25) is 0 Å². The van der Waals surface area contributed by atoms with Gasteiger partial charge >= 0.3 is 0 Å². The van der Waals surface area contributed by atoms with Gasteiger partial charge in [0.25, 0.3) is 5.56 Å². The highest BCUT2D eigenvalue weighted by Gasteiger charge is 2.10. The van der Waals surface area contributed by atoms with Gasteiger partial charge in [0, 0.05) is 6.54 Å². The molecule has 0 aliphatic heterocycles. The molecule has 22 heavy (non-hydrogen) atoms. The molecule has 1 N–H and O–H groups in total. The summed E-state index contributed by atoms with van der Waals surface area (Å²) in [7, 11) is 0. The predicted octanol–water partition coefficient (Wildman–Crippen LogP) is 4.27. The van der Waals surface area contributed by atoms with Crippen LogP contribution in [0.5, 0.6) is 0 Å². The first-order chi connectivity index (χ1) is 10.7. The normalized spacial score (nSPS) is 10.6. The average molecular weight is 320 g/mol. The third kappa shape index (κ3) is 4.34. The monoisotopic (exact) mass is 319 g/mol. The van der Waals surface area contributed by atoms with Gasteiger partial charge in [-0.2, -0.15) is 9.78 Å². The maximum Gasteiger partial charge on any atom is 0.296 e. The summed E-state index contributed by atoms with van der Waals surface area (Å²) < 4.78 is 1.37. The summed E-state index contributed by atoms with van der Waals surface area (Å²) in [4.78, 5) is 12.5. The quantitative estimate of drug-likeness (QED) is 0.739. The molecule has 2 aromatic rings. The standard InChI is InChI=1S/C17H22ClN3O/c1-2-3-4-5-9-12-19-16-15(18)13-20-21(17(16)22)14-10-7-6-8-11-14/h6-8,10-11,13,19H,2-5,9,12H2,1H3. The van der Waals surface area contributed by atoms with Crippen LogP contribution in [-0.4, -0.2) is 16.3 Å². The Hall–Kier alpha value is -1.81. The van der Waals surface area contributed by atoms with E-state index in [0.29, 0.717) is 10.7 Å². The van der Waals surface area contributed by atoms with Crippen molar-refractivity contribution in [1.29, 1.82) is 0 Å². The van der Waals surface area contributed by atoms with E-state index >= 15 is 0 Å². The Bertz CT molecular complexity index is 640. The van der Waals surface area contributed by atoms with Crippen molar-refractivity contribution in [2.45, 2.75) is 39.0 Å². The van der Waals surface area contributed by atoms with Crippen molar-refractivity contribution in [2.24, 2.45) is 0 Å². The molecule has 0 bridgehead atoms. The zero-order valence-corrected chi connectivity index (χ0v) is 13.6. The van der Waals surface area contributed by atoms with Crippen molar-refractivity contribution < 1.29 is 0 Å². The molecule has 0 spiro atoms. The molecule has 0 amide bonds. The Morgan fingerprint density at radius 1 is 1.14 bits per heavy atom. The molecule has 0 saturated carbocycles. The van der Waals surface area contributed by atoms with Crippen LogP contribution in [0.15, 0.2) is 41.3 Å². The number of nitrogens with one attached hydrogen (secondary N) is 1. The SMILES string of the molecule is CCCCCCCNc1c(Cl)cnn(-c2ccccc2)c1=O. The van der Waals surface area contributed by atoms with E-state index in [9.17, 15) is 4.79 Å². The minimum atomic E-state index is -0.216. The van der Waals surface area contributed by atoms with Crippen LogP contribution in [0, 0.1) is 0 Å². The lowest BCUT2D eigenvalue weighted by molar-refractivity contribution is 0.644. The maximum absolute atomic E-state index is 12.5. The molecule has 0 unspecified atom stereocenters. The lowest BCUT2D eigenvalue weighted by atomic mass is 10.1. The van der Waals surface area contributed by atoms with Crippen molar-refractivity contribution in [3.05, 3.63) is 51.9 Å². The summed E-state index contributed by atoms with van der Waals surface area (Å²) in [6.07, 6.45) is 7.42. The zero-order valence-electron chi connectivity index (χ0n) is 12.9. The van der Waals surface area contributed by atoms with Crippen LogP contribution < -0.4 is 10.9 Å². The molecular formula is C17H22ClN3O. The van der Waals surface area contributed by atoms with E-state index in [0.717, 1.165) is 25.1 Å². The van der Waals surface area contributed by atoms with E-state index < -0.39 is 0 Å². The smallest absolute Gasteiger partial charge is 0.296 e. The average Bonchev–Trinajstić information content (AvgIpc) is 2.54. The van der Waals surface area contributed by atoms with Crippen LogP contribution in [0.1, 0.15) is 39.0 Å². The summed E-state index contributed by atoms with van der Waals surface area (Å²) in [5.74, 6) is 0. The third-order valence-corrected chi connectivity index (χ3v) is 3.80. The Morgan fingerprint density at radius 3 is 2.59 bits per heavy atom. The number of unbranched alkanes of at least 4 members (excludes halogenated alkanes) is 4. The van der Waals surface area contributed by atoms with Gasteiger partial charge in [-0.05, 0) is 18.6 Å². The van der Waals surface area contributed by atoms with Crippen molar-refractivity contribution in [1.82, 2.24) is 9.78 Å². The number of hydrogen-bond acceptors (Lipinski definition) is 3. The van der Waals surface area contributed by atoms with E-state index in [2.05, 4.69) is 17.3 Å². The summed E-state index contributed by atoms with van der Waals surface area (Å²) in [5, 5.41) is 7.64. The first-order valence-electron chi connectivity index (χ1n) is 7.81. The lowest BCUT2D eigenvalue weighted by Crippen LogP contribution is -2.25. The van der Waals surface area contributed by atoms with Gasteiger partial charge in [-0.25, -0.2) is 0 Å². The molecule has 0 fully saturated rings. The number of benzene rings is 1. The number of rotatable bonds is 8. The van der Waals surface area contributed by atoms with Crippen LogP contribution in [0.3, 0.4) is 0 Å². The highest BCUT2D eigenvalue weighted by molar-refractivity contribution is 6.33. The Morgan fingerprint density at radius 2 is 1.86 bits per heavy atom. The summed E-state index contributed by atoms with van der Waals surface area (Å²) in [6, 6.07) is 9.34. The van der Waals surface area contributed by atoms with Gasteiger partial charge in [-0.1, -0.05) is 62.4 Å². The van der Waals surface area contributed by atoms with E-state index in [1.165, 1.54) is 30.1 Å². The van der Waals surface area contributed by atoms with Crippen LogP contribution in [-0.2, 0) is 0 Å². The summed E-state index contributed by atoms with van der Waals surface area (Å²) in [5.41, 5.74) is 0.943. The molecule has 0 atom stereocenters. The Labute approximate surface area is 136 Å². The molecule has 4 nitrogen and oxygen atoms in total. The van der Waals surface area contributed by atoms with Gasteiger partial charge in [-0.3, -0.25) is 4.79 Å². The second-order valence-electron chi connectivity index (χ2n) is 5.26. The second-order valence-corrected chi connectivity index (χ2v) is 5.67. The van der Waals surface area contributed by atoms with E-state index in [1.807, 2.05) is 30.3 Å². The minimum Gasteiger partial charge on any atom is -0.379 e. The number of aromatic nitrogens is 2. The lowest BCUT2D eigenvalue weighted by Gasteiger charge is -2.10. The van der Waals surface area contributed by atoms with Crippen molar-refractivity contribution in [3.63, 3.8) is 0 Å². The summed E-state index contributed by atoms with van der Waals surface area (Å²) >= 11 is 6.11. The number of hydrogen-bond donors (Lipinski definition) is 1. The molecular weight excluding hydrogens is 298 g/mol. The first kappa shape index (κ1) is 16.6. The van der Waals surface area contributed by atoms with E-state index in [1.54, 1.807) is 0 Å². The number of nitrogens with zero attached hydrogens (tertiary/aromatic N) is 2. The minimum absolute atomic E-state index is 0.216. The summed E-state index contributed by atoms with van der Waals surface area (Å²) in [6.45, 7) is 2.94. The fourth-order valence-corrected chi connectivity index (χ4v) is 2.48. The molecule has 1 aromatic carbocycles. The maximum atomic E-state index is 12.5. The van der Waals surface area contributed by atoms with Crippen molar-refractivity contribution >= 4 is 17.3 Å².